The Morgan fingerprint density at radius 3 is 2.57 bits per heavy atom. The van der Waals surface area contributed by atoms with Crippen molar-refractivity contribution in [1.29, 1.82) is 0 Å². The van der Waals surface area contributed by atoms with E-state index in [0.29, 0.717) is 11.3 Å². The lowest BCUT2D eigenvalue weighted by Crippen LogP contribution is -2.15. The Bertz CT molecular complexity index is 745. The summed E-state index contributed by atoms with van der Waals surface area (Å²) in [5, 5.41) is 2.64. The van der Waals surface area contributed by atoms with E-state index in [1.165, 1.54) is 12.1 Å². The number of rotatable bonds is 3. The van der Waals surface area contributed by atoms with Crippen LogP contribution < -0.4 is 16.8 Å². The van der Waals surface area contributed by atoms with Gasteiger partial charge < -0.3 is 16.8 Å². The van der Waals surface area contributed by atoms with Crippen molar-refractivity contribution in [2.24, 2.45) is 5.73 Å². The summed E-state index contributed by atoms with van der Waals surface area (Å²) in [7, 11) is 0. The number of hydrogen-bond donors (Lipinski definition) is 3. The number of carbonyl (C=O) groups is 2. The maximum absolute atomic E-state index is 13.1. The fourth-order valence-corrected chi connectivity index (χ4v) is 2.98. The average Bonchev–Trinajstić information content (AvgIpc) is 2.69. The maximum Gasteiger partial charge on any atom is 0.266 e. The molecule has 110 valence electrons. The molecule has 5 nitrogen and oxygen atoms in total. The Morgan fingerprint density at radius 2 is 2.05 bits per heavy atom. The van der Waals surface area contributed by atoms with Crippen molar-refractivity contribution in [3.63, 3.8) is 0 Å². The molecule has 0 fully saturated rings. The molecule has 21 heavy (non-hydrogen) atoms. The first-order chi connectivity index (χ1) is 9.81. The fraction of sp³-hybridized carbons (Fsp3) is 0.0769. The van der Waals surface area contributed by atoms with Gasteiger partial charge in [0.2, 0.25) is 0 Å². The van der Waals surface area contributed by atoms with Crippen LogP contribution >= 0.6 is 22.9 Å². The van der Waals surface area contributed by atoms with Gasteiger partial charge in [-0.25, -0.2) is 4.39 Å². The lowest BCUT2D eigenvalue weighted by molar-refractivity contribution is 0.100. The van der Waals surface area contributed by atoms with E-state index in [-0.39, 0.29) is 20.5 Å². The Morgan fingerprint density at radius 1 is 1.38 bits per heavy atom. The summed E-state index contributed by atoms with van der Waals surface area (Å²) in [6, 6.07) is 3.80. The summed E-state index contributed by atoms with van der Waals surface area (Å²) >= 11 is 6.60. The van der Waals surface area contributed by atoms with Crippen LogP contribution in [0.15, 0.2) is 18.2 Å². The fourth-order valence-electron chi connectivity index (χ4n) is 1.82. The normalized spacial score (nSPS) is 10.4. The minimum Gasteiger partial charge on any atom is -0.390 e. The first-order valence-electron chi connectivity index (χ1n) is 5.76. The minimum absolute atomic E-state index is 0.104. The van der Waals surface area contributed by atoms with E-state index in [4.69, 9.17) is 23.1 Å². The molecule has 1 heterocycles. The van der Waals surface area contributed by atoms with Crippen molar-refractivity contribution in [2.75, 3.05) is 11.1 Å². The number of amides is 2. The Balaban J connectivity index is 2.31. The molecule has 2 rings (SSSR count). The molecule has 8 heteroatoms. The zero-order chi connectivity index (χ0) is 15.7. The van der Waals surface area contributed by atoms with Crippen LogP contribution in [0.4, 0.5) is 15.1 Å². The standard InChI is InChI=1S/C13H11ClFN3O2S/c1-5-9(11(16)19)12(17)21-10(5)13(20)18-6-2-3-8(15)7(14)4-6/h2-4H,17H2,1H3,(H2,16,19)(H,18,20). The molecule has 0 atom stereocenters. The number of hydrogen-bond acceptors (Lipinski definition) is 4. The number of nitrogens with one attached hydrogen (secondary N) is 1. The summed E-state index contributed by atoms with van der Waals surface area (Å²) in [6.07, 6.45) is 0. The summed E-state index contributed by atoms with van der Waals surface area (Å²) < 4.78 is 13.1. The second kappa shape index (κ2) is 5.71. The van der Waals surface area contributed by atoms with Gasteiger partial charge in [-0.1, -0.05) is 11.6 Å². The molecular weight excluding hydrogens is 317 g/mol. The van der Waals surface area contributed by atoms with Crippen LogP contribution in [0.5, 0.6) is 0 Å². The van der Waals surface area contributed by atoms with Crippen LogP contribution in [-0.2, 0) is 0 Å². The highest BCUT2D eigenvalue weighted by atomic mass is 35.5. The van der Waals surface area contributed by atoms with Crippen LogP contribution in [0.3, 0.4) is 0 Å². The van der Waals surface area contributed by atoms with Crippen molar-refractivity contribution in [2.45, 2.75) is 6.92 Å². The van der Waals surface area contributed by atoms with Gasteiger partial charge in [-0.05, 0) is 30.7 Å². The number of benzene rings is 1. The predicted octanol–water partition coefficient (Wildman–Crippen LogP) is 2.78. The van der Waals surface area contributed by atoms with Crippen LogP contribution in [0.2, 0.25) is 5.02 Å². The molecule has 2 aromatic rings. The molecule has 0 bridgehead atoms. The number of carbonyl (C=O) groups excluding carboxylic acids is 2. The van der Waals surface area contributed by atoms with E-state index in [2.05, 4.69) is 5.32 Å². The molecule has 0 aliphatic carbocycles. The van der Waals surface area contributed by atoms with E-state index in [0.717, 1.165) is 17.4 Å². The van der Waals surface area contributed by atoms with Crippen LogP contribution in [0.25, 0.3) is 0 Å². The summed E-state index contributed by atoms with van der Waals surface area (Å²) in [4.78, 5) is 23.7. The van der Waals surface area contributed by atoms with Gasteiger partial charge in [0.05, 0.1) is 20.5 Å². The third-order valence-electron chi connectivity index (χ3n) is 2.80. The Hall–Kier alpha value is -2.12. The van der Waals surface area contributed by atoms with Gasteiger partial charge in [-0.3, -0.25) is 9.59 Å². The van der Waals surface area contributed by atoms with Gasteiger partial charge in [-0.2, -0.15) is 0 Å². The van der Waals surface area contributed by atoms with Crippen LogP contribution in [0.1, 0.15) is 25.6 Å². The van der Waals surface area contributed by atoms with Crippen molar-refractivity contribution in [1.82, 2.24) is 0 Å². The zero-order valence-corrected chi connectivity index (χ0v) is 12.4. The Kier molecular flexibility index (Phi) is 4.15. The smallest absolute Gasteiger partial charge is 0.266 e. The topological polar surface area (TPSA) is 98.2 Å². The van der Waals surface area contributed by atoms with Gasteiger partial charge in [0.25, 0.3) is 11.8 Å². The van der Waals surface area contributed by atoms with Gasteiger partial charge in [0.15, 0.2) is 0 Å². The highest BCUT2D eigenvalue weighted by Gasteiger charge is 2.21. The lowest BCUT2D eigenvalue weighted by atomic mass is 10.1. The SMILES string of the molecule is Cc1c(C(=O)Nc2ccc(F)c(Cl)c2)sc(N)c1C(N)=O. The van der Waals surface area contributed by atoms with Crippen molar-refractivity contribution < 1.29 is 14.0 Å². The van der Waals surface area contributed by atoms with Crippen LogP contribution in [0, 0.1) is 12.7 Å². The van der Waals surface area contributed by atoms with Gasteiger partial charge in [-0.15, -0.1) is 11.3 Å². The molecule has 0 unspecified atom stereocenters. The highest BCUT2D eigenvalue weighted by molar-refractivity contribution is 7.18. The number of halogens is 2. The second-order valence-corrected chi connectivity index (χ2v) is 5.70. The number of anilines is 2. The van der Waals surface area contributed by atoms with E-state index in [1.54, 1.807) is 6.92 Å². The molecule has 0 spiro atoms. The molecule has 1 aromatic carbocycles. The molecule has 1 aromatic heterocycles. The third-order valence-corrected chi connectivity index (χ3v) is 4.21. The van der Waals surface area contributed by atoms with Crippen LogP contribution in [-0.4, -0.2) is 11.8 Å². The molecule has 0 saturated heterocycles. The van der Waals surface area contributed by atoms with E-state index in [1.807, 2.05) is 0 Å². The minimum atomic E-state index is -0.690. The molecule has 0 aliphatic rings. The molecule has 0 saturated carbocycles. The number of nitrogens with two attached hydrogens (primary N) is 2. The molecule has 2 amide bonds. The van der Waals surface area contributed by atoms with Gasteiger partial charge in [0, 0.05) is 5.69 Å². The summed E-state index contributed by atoms with van der Waals surface area (Å²) in [5.41, 5.74) is 11.8. The highest BCUT2D eigenvalue weighted by Crippen LogP contribution is 2.31. The monoisotopic (exact) mass is 327 g/mol. The summed E-state index contributed by atoms with van der Waals surface area (Å²) in [5.74, 6) is -1.74. The quantitative estimate of drug-likeness (QED) is 0.808. The summed E-state index contributed by atoms with van der Waals surface area (Å²) in [6.45, 7) is 1.58. The molecule has 0 radical (unpaired) electrons. The van der Waals surface area contributed by atoms with E-state index >= 15 is 0 Å². The van der Waals surface area contributed by atoms with Gasteiger partial charge in [0.1, 0.15) is 5.82 Å². The van der Waals surface area contributed by atoms with E-state index < -0.39 is 17.6 Å². The maximum atomic E-state index is 13.1. The number of nitrogen functional groups attached to an aromatic ring is 1. The molecule has 5 N–H and O–H groups in total. The number of primary amides is 1. The lowest BCUT2D eigenvalue weighted by Gasteiger charge is -2.05. The van der Waals surface area contributed by atoms with E-state index in [9.17, 15) is 14.0 Å². The molecule has 0 aliphatic heterocycles. The molecular formula is C13H11ClFN3O2S. The van der Waals surface area contributed by atoms with Crippen molar-refractivity contribution in [3.8, 4) is 0 Å². The zero-order valence-electron chi connectivity index (χ0n) is 10.9. The second-order valence-electron chi connectivity index (χ2n) is 4.24. The largest absolute Gasteiger partial charge is 0.390 e. The third kappa shape index (κ3) is 2.98. The van der Waals surface area contributed by atoms with Crippen molar-refractivity contribution in [3.05, 3.63) is 45.0 Å². The first kappa shape index (κ1) is 15.3. The van der Waals surface area contributed by atoms with Crippen molar-refractivity contribution >= 4 is 45.4 Å². The van der Waals surface area contributed by atoms with Gasteiger partial charge >= 0.3 is 0 Å². The first-order valence-corrected chi connectivity index (χ1v) is 6.95. The predicted molar refractivity (Wildman–Crippen MR) is 81.3 cm³/mol. The number of thiophene rings is 1. The average molecular weight is 328 g/mol. The Labute approximate surface area is 128 Å².